The van der Waals surface area contributed by atoms with Crippen LogP contribution < -0.4 is 52.4 Å². The molecule has 0 bridgehead atoms. The van der Waals surface area contributed by atoms with Gasteiger partial charge < -0.3 is 24.2 Å². The van der Waals surface area contributed by atoms with Crippen molar-refractivity contribution in [1.29, 1.82) is 0 Å². The molecular weight excluding hydrogens is 1450 g/mol. The molecular formula is C113H103B2N5. The Morgan fingerprint density at radius 2 is 0.633 bits per heavy atom. The first kappa shape index (κ1) is 74.9. The van der Waals surface area contributed by atoms with Crippen LogP contribution in [0, 0.1) is 0 Å². The van der Waals surface area contributed by atoms with E-state index in [-0.39, 0.29) is 45.9 Å². The summed E-state index contributed by atoms with van der Waals surface area (Å²) in [4.78, 5) is 10.7. The van der Waals surface area contributed by atoms with E-state index in [4.69, 9.17) is 0 Å². The molecule has 586 valence electrons. The molecule has 16 aromatic rings. The Morgan fingerprint density at radius 3 is 1.12 bits per heavy atom. The Hall–Kier alpha value is -12.6. The Kier molecular flexibility index (Phi) is 16.7. The molecule has 0 amide bonds. The summed E-state index contributed by atoms with van der Waals surface area (Å²) in [7, 11) is 0. The van der Waals surface area contributed by atoms with Gasteiger partial charge in [0.25, 0.3) is 13.4 Å². The highest BCUT2D eigenvalue weighted by Crippen LogP contribution is 2.58. The second-order valence-corrected chi connectivity index (χ2v) is 40.2. The standard InChI is InChI=1S/C113H103B2N5/c1-108(2,3)73-53-55-94-87(62-73)88-63-74(109(4,5)6)54-56-95(88)118(94)81-66-102-106-103(67-81)120(107-85(70-37-22-18-23-38-70)64-77(112(13,14)15)65-86(107)71-39-24-19-25-40-71)97-52-35-33-50-91(97)115(106)93-68-92-98(69-99(93)119(102)80-60-75(110(7,8)9)59-76(61-80)111(10,11)12)117(79-43-28-21-29-44-79)101-58-72(82-46-36-47-84-83-45-30-31-48-89(83)113(16,17)104(82)84)57-100-105(101)114(92)90-49-32-34-51-96(90)116(100)78-41-26-20-27-42-78/h18-69H,1-17H3. The zero-order chi connectivity index (χ0) is 82.8. The highest BCUT2D eigenvalue weighted by molar-refractivity contribution is 7.03. The van der Waals surface area contributed by atoms with Crippen LogP contribution in [0.2, 0.25) is 0 Å². The van der Waals surface area contributed by atoms with Crippen LogP contribution in [0.15, 0.2) is 315 Å². The molecule has 0 saturated heterocycles. The maximum absolute atomic E-state index is 2.76. The van der Waals surface area contributed by atoms with E-state index >= 15 is 0 Å². The normalized spacial score (nSPS) is 14.3. The highest BCUT2D eigenvalue weighted by Gasteiger charge is 2.50. The lowest BCUT2D eigenvalue weighted by atomic mass is 9.30. The van der Waals surface area contributed by atoms with Crippen LogP contribution in [0.25, 0.3) is 72.0 Å². The fourth-order valence-corrected chi connectivity index (χ4v) is 20.8. The summed E-state index contributed by atoms with van der Waals surface area (Å²) in [5.74, 6) is 0. The lowest BCUT2D eigenvalue weighted by Gasteiger charge is -2.48. The lowest BCUT2D eigenvalue weighted by Crippen LogP contribution is -2.65. The first-order valence-electron chi connectivity index (χ1n) is 43.3. The lowest BCUT2D eigenvalue weighted by molar-refractivity contribution is 0.568. The Bertz CT molecular complexity index is 6750. The quantitative estimate of drug-likeness (QED) is 0.141. The fraction of sp³-hybridized carbons (Fsp3) is 0.204. The molecule has 7 heteroatoms. The average molecular weight is 1550 g/mol. The Morgan fingerprint density at radius 1 is 0.242 bits per heavy atom. The molecule has 5 aliphatic rings. The van der Waals surface area contributed by atoms with Gasteiger partial charge in [0.1, 0.15) is 0 Å². The van der Waals surface area contributed by atoms with Crippen LogP contribution in [-0.4, -0.2) is 18.0 Å². The third-order valence-corrected chi connectivity index (χ3v) is 27.0. The molecule has 0 N–H and O–H groups in total. The SMILES string of the molecule is CC(C)(C)c1cc(N2c3cc4c(cc3B3c5ccccc5N(c5c(-c6ccccc6)cc(C(C)(C)C)cc5-c5ccccc5)c5cc(-n6c7ccc(C(C)(C)C)cc7c7cc(C(C)(C)C)ccc76)cc2c53)B2c3ccccc3N(c3ccccc3)c3cc(-c5cccc6c5C(C)(C)c5ccccc5-6)cc(c32)N4c2ccccc2)cc(C(C)(C)C)c1. The van der Waals surface area contributed by atoms with E-state index in [0.29, 0.717) is 0 Å². The summed E-state index contributed by atoms with van der Waals surface area (Å²) in [6, 6.07) is 123. The molecule has 1 aromatic heterocycles. The first-order chi connectivity index (χ1) is 57.5. The zero-order valence-corrected chi connectivity index (χ0v) is 72.4. The van der Waals surface area contributed by atoms with Crippen molar-refractivity contribution in [2.75, 3.05) is 19.6 Å². The molecule has 0 spiro atoms. The molecule has 15 aromatic carbocycles. The molecule has 5 heterocycles. The van der Waals surface area contributed by atoms with Crippen LogP contribution in [0.1, 0.15) is 157 Å². The molecule has 1 aliphatic carbocycles. The van der Waals surface area contributed by atoms with Crippen molar-refractivity contribution in [1.82, 2.24) is 4.57 Å². The predicted molar refractivity (Wildman–Crippen MR) is 516 cm³/mol. The van der Waals surface area contributed by atoms with Crippen molar-refractivity contribution in [2.45, 2.75) is 150 Å². The summed E-state index contributed by atoms with van der Waals surface area (Å²) >= 11 is 0. The van der Waals surface area contributed by atoms with Crippen molar-refractivity contribution in [3.8, 4) is 50.2 Å². The second kappa shape index (κ2) is 26.7. The van der Waals surface area contributed by atoms with Gasteiger partial charge in [-0.3, -0.25) is 0 Å². The molecule has 0 radical (unpaired) electrons. The largest absolute Gasteiger partial charge is 0.311 e. The van der Waals surface area contributed by atoms with E-state index in [0.717, 1.165) is 68.0 Å². The van der Waals surface area contributed by atoms with Gasteiger partial charge >= 0.3 is 0 Å². The van der Waals surface area contributed by atoms with Gasteiger partial charge in [-0.15, -0.1) is 0 Å². The van der Waals surface area contributed by atoms with Crippen molar-refractivity contribution >= 4 is 136 Å². The van der Waals surface area contributed by atoms with Crippen LogP contribution in [0.4, 0.5) is 68.2 Å². The van der Waals surface area contributed by atoms with Gasteiger partial charge in [0, 0.05) is 89.9 Å². The number of aromatic nitrogens is 1. The minimum atomic E-state index is -0.280. The van der Waals surface area contributed by atoms with Gasteiger partial charge in [0.05, 0.1) is 22.4 Å². The Labute approximate surface area is 710 Å². The van der Waals surface area contributed by atoms with Gasteiger partial charge in [0.2, 0.25) is 0 Å². The Balaban J connectivity index is 0.936. The van der Waals surface area contributed by atoms with Crippen molar-refractivity contribution in [3.05, 3.63) is 354 Å². The maximum Gasteiger partial charge on any atom is 0.252 e. The summed E-state index contributed by atoms with van der Waals surface area (Å²) in [5, 5.41) is 2.50. The molecule has 4 aliphatic heterocycles. The minimum absolute atomic E-state index is 0.100. The number of benzene rings is 15. The van der Waals surface area contributed by atoms with Crippen molar-refractivity contribution in [3.63, 3.8) is 0 Å². The second-order valence-electron chi connectivity index (χ2n) is 40.2. The summed E-state index contributed by atoms with van der Waals surface area (Å²) in [6.45, 7) is 40.0. The van der Waals surface area contributed by atoms with Crippen LogP contribution in [-0.2, 0) is 32.5 Å². The van der Waals surface area contributed by atoms with Crippen LogP contribution in [0.5, 0.6) is 0 Å². The smallest absolute Gasteiger partial charge is 0.252 e. The topological polar surface area (TPSA) is 17.9 Å². The van der Waals surface area contributed by atoms with Crippen LogP contribution >= 0.6 is 0 Å². The zero-order valence-electron chi connectivity index (χ0n) is 72.4. The number of nitrogens with zero attached hydrogens (tertiary/aromatic N) is 5. The third kappa shape index (κ3) is 11.6. The molecule has 0 fully saturated rings. The number of anilines is 12. The summed E-state index contributed by atoms with van der Waals surface area (Å²) in [5.41, 5.74) is 42.5. The van der Waals surface area contributed by atoms with Gasteiger partial charge in [-0.1, -0.05) is 318 Å². The van der Waals surface area contributed by atoms with Gasteiger partial charge in [-0.2, -0.15) is 0 Å². The molecule has 5 nitrogen and oxygen atoms in total. The van der Waals surface area contributed by atoms with Crippen molar-refractivity contribution in [2.24, 2.45) is 0 Å². The maximum atomic E-state index is 2.76. The van der Waals surface area contributed by atoms with E-state index in [1.54, 1.807) is 0 Å². The van der Waals surface area contributed by atoms with Gasteiger partial charge in [0.15, 0.2) is 0 Å². The molecule has 21 rings (SSSR count). The minimum Gasteiger partial charge on any atom is -0.311 e. The van der Waals surface area contributed by atoms with E-state index in [9.17, 15) is 0 Å². The van der Waals surface area contributed by atoms with Crippen LogP contribution in [0.3, 0.4) is 0 Å². The van der Waals surface area contributed by atoms with E-state index < -0.39 is 0 Å². The first-order valence-corrected chi connectivity index (χ1v) is 43.3. The van der Waals surface area contributed by atoms with Crippen molar-refractivity contribution < 1.29 is 0 Å². The van der Waals surface area contributed by atoms with Gasteiger partial charge in [-0.05, 0) is 247 Å². The highest BCUT2D eigenvalue weighted by atomic mass is 15.2. The number of hydrogen-bond donors (Lipinski definition) is 0. The number of hydrogen-bond acceptors (Lipinski definition) is 4. The predicted octanol–water partition coefficient (Wildman–Crippen LogP) is 26.7. The molecule has 120 heavy (non-hydrogen) atoms. The third-order valence-electron chi connectivity index (χ3n) is 27.0. The number of rotatable bonds is 8. The molecule has 0 unspecified atom stereocenters. The fourth-order valence-electron chi connectivity index (χ4n) is 20.8. The summed E-state index contributed by atoms with van der Waals surface area (Å²) < 4.78 is 2.63. The number of para-hydroxylation sites is 4. The monoisotopic (exact) mass is 1550 g/mol. The van der Waals surface area contributed by atoms with Gasteiger partial charge in [-0.25, -0.2) is 0 Å². The van der Waals surface area contributed by atoms with E-state index in [1.165, 1.54) is 144 Å². The van der Waals surface area contributed by atoms with E-state index in [1.807, 2.05) is 0 Å². The number of fused-ring (bicyclic) bond motifs is 14. The average Bonchev–Trinajstić information content (AvgIpc) is 0.774. The summed E-state index contributed by atoms with van der Waals surface area (Å²) in [6.07, 6.45) is 0. The molecule has 0 atom stereocenters. The van der Waals surface area contributed by atoms with E-state index in [2.05, 4.69) is 457 Å². The molecule has 0 saturated carbocycles.